The lowest BCUT2D eigenvalue weighted by molar-refractivity contribution is -0.157. The molecule has 3 nitrogen and oxygen atoms in total. The van der Waals surface area contributed by atoms with Gasteiger partial charge in [0.2, 0.25) is 5.78 Å². The summed E-state index contributed by atoms with van der Waals surface area (Å²) in [5.41, 5.74) is 2.70. The Hall–Kier alpha value is -1.64. The second kappa shape index (κ2) is 8.64. The minimum absolute atomic E-state index is 0.110. The summed E-state index contributed by atoms with van der Waals surface area (Å²) in [7, 11) is 0. The topological polar surface area (TPSA) is 43.4 Å². The van der Waals surface area contributed by atoms with Crippen molar-refractivity contribution in [3.05, 3.63) is 35.4 Å². The highest BCUT2D eigenvalue weighted by molar-refractivity contribution is 6.34. The maximum absolute atomic E-state index is 12.1. The molecule has 1 saturated carbocycles. The van der Waals surface area contributed by atoms with Crippen LogP contribution in [-0.4, -0.2) is 18.4 Å². The predicted octanol–water partition coefficient (Wildman–Crippen LogP) is 4.86. The standard InChI is InChI=1S/C22H32O3/c1-16(14-17-10-12-19(13-11-17)22(2,3)4)15-25-21(24)20(23)18-8-6-5-7-9-18/h10-13,16,18H,5-9,14-15H2,1-4H3/t16-/m1/s1. The number of rotatable bonds is 6. The van der Waals surface area contributed by atoms with Crippen LogP contribution in [-0.2, 0) is 26.2 Å². The number of benzene rings is 1. The van der Waals surface area contributed by atoms with Gasteiger partial charge in [0.05, 0.1) is 6.61 Å². The van der Waals surface area contributed by atoms with Crippen molar-refractivity contribution in [1.29, 1.82) is 0 Å². The average Bonchev–Trinajstić information content (AvgIpc) is 2.59. The fraction of sp³-hybridized carbons (Fsp3) is 0.636. The Morgan fingerprint density at radius 3 is 2.24 bits per heavy atom. The van der Waals surface area contributed by atoms with Gasteiger partial charge in [-0.1, -0.05) is 71.2 Å². The lowest BCUT2D eigenvalue weighted by Crippen LogP contribution is -2.28. The fourth-order valence-electron chi connectivity index (χ4n) is 3.42. The first-order chi connectivity index (χ1) is 11.8. The minimum atomic E-state index is -0.637. The third kappa shape index (κ3) is 5.98. The molecule has 0 unspecified atom stereocenters. The third-order valence-electron chi connectivity index (χ3n) is 5.08. The Labute approximate surface area is 152 Å². The van der Waals surface area contributed by atoms with Gasteiger partial charge in [-0.05, 0) is 41.7 Å². The van der Waals surface area contributed by atoms with Crippen LogP contribution in [0.15, 0.2) is 24.3 Å². The number of hydrogen-bond donors (Lipinski definition) is 0. The maximum Gasteiger partial charge on any atom is 0.374 e. The lowest BCUT2D eigenvalue weighted by Gasteiger charge is -2.20. The van der Waals surface area contributed by atoms with E-state index in [0.29, 0.717) is 6.61 Å². The number of carbonyl (C=O) groups is 2. The highest BCUT2D eigenvalue weighted by Gasteiger charge is 2.28. The average molecular weight is 344 g/mol. The lowest BCUT2D eigenvalue weighted by atomic mass is 9.86. The van der Waals surface area contributed by atoms with Crippen LogP contribution in [0.5, 0.6) is 0 Å². The minimum Gasteiger partial charge on any atom is -0.460 e. The summed E-state index contributed by atoms with van der Waals surface area (Å²) in [5.74, 6) is -0.867. The Kier molecular flexibility index (Phi) is 6.80. The van der Waals surface area contributed by atoms with Crippen LogP contribution in [0.1, 0.15) is 70.9 Å². The zero-order valence-corrected chi connectivity index (χ0v) is 16.1. The number of Topliss-reactive ketones (excluding diaryl/α,β-unsaturated/α-hetero) is 1. The van der Waals surface area contributed by atoms with Gasteiger partial charge in [-0.15, -0.1) is 0 Å². The first kappa shape index (κ1) is 19.7. The molecule has 0 heterocycles. The molecule has 138 valence electrons. The highest BCUT2D eigenvalue weighted by Crippen LogP contribution is 2.25. The van der Waals surface area contributed by atoms with Crippen molar-refractivity contribution in [2.75, 3.05) is 6.61 Å². The summed E-state index contributed by atoms with van der Waals surface area (Å²) >= 11 is 0. The van der Waals surface area contributed by atoms with Gasteiger partial charge in [-0.2, -0.15) is 0 Å². The van der Waals surface area contributed by atoms with Gasteiger partial charge in [0.25, 0.3) is 0 Å². The molecule has 0 bridgehead atoms. The van der Waals surface area contributed by atoms with E-state index in [1.54, 1.807) is 0 Å². The molecule has 1 aliphatic carbocycles. The highest BCUT2D eigenvalue weighted by atomic mass is 16.5. The molecule has 1 atom stereocenters. The molecule has 0 radical (unpaired) electrons. The largest absolute Gasteiger partial charge is 0.460 e. The number of hydrogen-bond acceptors (Lipinski definition) is 3. The molecule has 3 heteroatoms. The molecule has 0 aromatic heterocycles. The van der Waals surface area contributed by atoms with Crippen LogP contribution < -0.4 is 0 Å². The number of ketones is 1. The molecular weight excluding hydrogens is 312 g/mol. The second-order valence-corrected chi connectivity index (χ2v) is 8.55. The second-order valence-electron chi connectivity index (χ2n) is 8.55. The molecule has 1 fully saturated rings. The van der Waals surface area contributed by atoms with Crippen molar-refractivity contribution in [2.45, 2.75) is 71.6 Å². The summed E-state index contributed by atoms with van der Waals surface area (Å²) in [6.45, 7) is 8.96. The van der Waals surface area contributed by atoms with E-state index >= 15 is 0 Å². The van der Waals surface area contributed by atoms with E-state index in [1.807, 2.05) is 0 Å². The van der Waals surface area contributed by atoms with E-state index in [0.717, 1.165) is 32.1 Å². The van der Waals surface area contributed by atoms with Crippen molar-refractivity contribution < 1.29 is 14.3 Å². The molecule has 0 aliphatic heterocycles. The van der Waals surface area contributed by atoms with E-state index < -0.39 is 5.97 Å². The SMILES string of the molecule is C[C@@H](COC(=O)C(=O)C1CCCCC1)Cc1ccc(C(C)(C)C)cc1. The van der Waals surface area contributed by atoms with Gasteiger partial charge >= 0.3 is 5.97 Å². The van der Waals surface area contributed by atoms with Crippen LogP contribution in [0, 0.1) is 11.8 Å². The van der Waals surface area contributed by atoms with Crippen molar-refractivity contribution >= 4 is 11.8 Å². The van der Waals surface area contributed by atoms with Crippen molar-refractivity contribution in [2.24, 2.45) is 11.8 Å². The zero-order valence-electron chi connectivity index (χ0n) is 16.1. The maximum atomic E-state index is 12.1. The van der Waals surface area contributed by atoms with Crippen LogP contribution in [0.25, 0.3) is 0 Å². The van der Waals surface area contributed by atoms with Crippen LogP contribution in [0.3, 0.4) is 0 Å². The van der Waals surface area contributed by atoms with Crippen LogP contribution >= 0.6 is 0 Å². The Morgan fingerprint density at radius 2 is 1.68 bits per heavy atom. The molecule has 0 saturated heterocycles. The van der Waals surface area contributed by atoms with Gasteiger partial charge in [0, 0.05) is 5.92 Å². The summed E-state index contributed by atoms with van der Waals surface area (Å²) in [6, 6.07) is 8.62. The Bertz CT molecular complexity index is 574. The van der Waals surface area contributed by atoms with Crippen molar-refractivity contribution in [1.82, 2.24) is 0 Å². The molecule has 1 aliphatic rings. The Balaban J connectivity index is 1.78. The zero-order chi connectivity index (χ0) is 18.4. The van der Waals surface area contributed by atoms with E-state index in [1.165, 1.54) is 17.5 Å². The Morgan fingerprint density at radius 1 is 1.08 bits per heavy atom. The van der Waals surface area contributed by atoms with Crippen molar-refractivity contribution in [3.63, 3.8) is 0 Å². The van der Waals surface area contributed by atoms with Gasteiger partial charge < -0.3 is 4.74 Å². The molecule has 2 rings (SSSR count). The molecule has 0 spiro atoms. The monoisotopic (exact) mass is 344 g/mol. The molecule has 25 heavy (non-hydrogen) atoms. The van der Waals surface area contributed by atoms with E-state index in [-0.39, 0.29) is 23.0 Å². The van der Waals surface area contributed by atoms with Gasteiger partial charge in [-0.25, -0.2) is 4.79 Å². The number of carbonyl (C=O) groups excluding carboxylic acids is 2. The molecule has 1 aromatic rings. The summed E-state index contributed by atoms with van der Waals surface area (Å²) in [6.07, 6.45) is 5.78. The summed E-state index contributed by atoms with van der Waals surface area (Å²) in [5, 5.41) is 0. The molecule has 1 aromatic carbocycles. The first-order valence-corrected chi connectivity index (χ1v) is 9.57. The molecule has 0 N–H and O–H groups in total. The molecular formula is C22H32O3. The van der Waals surface area contributed by atoms with Gasteiger partial charge in [0.1, 0.15) is 0 Å². The normalized spacial score (nSPS) is 17.1. The number of ether oxygens (including phenoxy) is 1. The number of esters is 1. The van der Waals surface area contributed by atoms with E-state index in [2.05, 4.69) is 52.0 Å². The first-order valence-electron chi connectivity index (χ1n) is 9.57. The predicted molar refractivity (Wildman–Crippen MR) is 101 cm³/mol. The van der Waals surface area contributed by atoms with Gasteiger partial charge in [0.15, 0.2) is 0 Å². The molecule has 0 amide bonds. The van der Waals surface area contributed by atoms with E-state index in [9.17, 15) is 9.59 Å². The van der Waals surface area contributed by atoms with Crippen molar-refractivity contribution in [3.8, 4) is 0 Å². The quantitative estimate of drug-likeness (QED) is 0.547. The third-order valence-corrected chi connectivity index (χ3v) is 5.08. The van der Waals surface area contributed by atoms with Crippen LogP contribution in [0.2, 0.25) is 0 Å². The van der Waals surface area contributed by atoms with E-state index in [4.69, 9.17) is 4.74 Å². The fourth-order valence-corrected chi connectivity index (χ4v) is 3.42. The summed E-state index contributed by atoms with van der Waals surface area (Å²) < 4.78 is 5.28. The van der Waals surface area contributed by atoms with Gasteiger partial charge in [-0.3, -0.25) is 4.79 Å². The van der Waals surface area contributed by atoms with Crippen LogP contribution in [0.4, 0.5) is 0 Å². The smallest absolute Gasteiger partial charge is 0.374 e. The summed E-state index contributed by atoms with van der Waals surface area (Å²) in [4.78, 5) is 24.1.